The number of nitrogens with one attached hydrogen (secondary N) is 3. The third kappa shape index (κ3) is 6.42. The van der Waals surface area contributed by atoms with Crippen molar-refractivity contribution in [3.8, 4) is 0 Å². The highest BCUT2D eigenvalue weighted by molar-refractivity contribution is 5.93. The molecular formula is C22H23N5O2. The van der Waals surface area contributed by atoms with Crippen molar-refractivity contribution in [2.75, 3.05) is 17.2 Å². The van der Waals surface area contributed by atoms with Gasteiger partial charge in [-0.2, -0.15) is 0 Å². The molecule has 0 radical (unpaired) electrons. The number of hydrogen-bond donors (Lipinski definition) is 3. The first-order valence-electron chi connectivity index (χ1n) is 9.39. The van der Waals surface area contributed by atoms with Gasteiger partial charge < -0.3 is 16.0 Å². The Kier molecular flexibility index (Phi) is 6.89. The van der Waals surface area contributed by atoms with Gasteiger partial charge in [0.2, 0.25) is 11.9 Å². The molecule has 1 heterocycles. The van der Waals surface area contributed by atoms with Crippen LogP contribution >= 0.6 is 0 Å². The molecule has 0 aliphatic heterocycles. The lowest BCUT2D eigenvalue weighted by molar-refractivity contribution is -0.114. The van der Waals surface area contributed by atoms with Crippen LogP contribution in [0.2, 0.25) is 0 Å². The minimum Gasteiger partial charge on any atom is -0.352 e. The van der Waals surface area contributed by atoms with Gasteiger partial charge in [-0.3, -0.25) is 9.59 Å². The molecule has 148 valence electrons. The zero-order chi connectivity index (χ0) is 20.5. The van der Waals surface area contributed by atoms with E-state index in [-0.39, 0.29) is 11.8 Å². The smallest absolute Gasteiger partial charge is 0.254 e. The lowest BCUT2D eigenvalue weighted by Gasteiger charge is -2.08. The molecule has 0 fully saturated rings. The average molecular weight is 389 g/mol. The fourth-order valence-corrected chi connectivity index (χ4v) is 2.76. The number of carbonyl (C=O) groups is 2. The van der Waals surface area contributed by atoms with E-state index in [9.17, 15) is 9.59 Å². The van der Waals surface area contributed by atoms with E-state index in [1.165, 1.54) is 24.9 Å². The number of rotatable bonds is 8. The van der Waals surface area contributed by atoms with Crippen LogP contribution in [0, 0.1) is 0 Å². The summed E-state index contributed by atoms with van der Waals surface area (Å²) in [7, 11) is 0. The molecule has 2 amide bonds. The number of aromatic nitrogens is 2. The standard InChI is InChI=1S/C22H23N5O2/c1-16(28)26-19-10-5-11-20(13-19)27-22-24-14-18(15-25-22)21(29)23-12-6-9-17-7-3-2-4-8-17/h2-5,7-8,10-11,13-15H,6,9,12H2,1H3,(H,23,29)(H,26,28)(H,24,25,27). The van der Waals surface area contributed by atoms with Gasteiger partial charge in [0.25, 0.3) is 5.91 Å². The molecule has 3 N–H and O–H groups in total. The Hall–Kier alpha value is -3.74. The summed E-state index contributed by atoms with van der Waals surface area (Å²) in [4.78, 5) is 31.8. The normalized spacial score (nSPS) is 10.2. The third-order valence-electron chi connectivity index (χ3n) is 4.12. The van der Waals surface area contributed by atoms with Gasteiger partial charge in [0, 0.05) is 37.2 Å². The van der Waals surface area contributed by atoms with Crippen LogP contribution in [0.4, 0.5) is 17.3 Å². The molecule has 0 bridgehead atoms. The van der Waals surface area contributed by atoms with Gasteiger partial charge in [0.15, 0.2) is 0 Å². The summed E-state index contributed by atoms with van der Waals surface area (Å²) in [6.45, 7) is 2.04. The molecule has 3 rings (SSSR count). The molecule has 0 aliphatic rings. The predicted octanol–water partition coefficient (Wildman–Crippen LogP) is 3.54. The molecule has 7 heteroatoms. The van der Waals surface area contributed by atoms with Crippen molar-refractivity contribution in [2.24, 2.45) is 0 Å². The maximum Gasteiger partial charge on any atom is 0.254 e. The second-order valence-corrected chi connectivity index (χ2v) is 6.53. The van der Waals surface area contributed by atoms with Gasteiger partial charge in [0.1, 0.15) is 0 Å². The molecule has 29 heavy (non-hydrogen) atoms. The summed E-state index contributed by atoms with van der Waals surface area (Å²) in [5, 5.41) is 8.65. The molecule has 0 saturated carbocycles. The monoisotopic (exact) mass is 389 g/mol. The van der Waals surface area contributed by atoms with Crippen molar-refractivity contribution < 1.29 is 9.59 Å². The van der Waals surface area contributed by atoms with E-state index >= 15 is 0 Å². The average Bonchev–Trinajstić information content (AvgIpc) is 2.72. The van der Waals surface area contributed by atoms with E-state index in [2.05, 4.69) is 38.1 Å². The zero-order valence-corrected chi connectivity index (χ0v) is 16.2. The lowest BCUT2D eigenvalue weighted by atomic mass is 10.1. The van der Waals surface area contributed by atoms with Crippen molar-refractivity contribution in [1.29, 1.82) is 0 Å². The van der Waals surface area contributed by atoms with Crippen LogP contribution in [0.3, 0.4) is 0 Å². The van der Waals surface area contributed by atoms with Crippen molar-refractivity contribution in [2.45, 2.75) is 19.8 Å². The van der Waals surface area contributed by atoms with Crippen molar-refractivity contribution in [3.63, 3.8) is 0 Å². The van der Waals surface area contributed by atoms with Crippen LogP contribution < -0.4 is 16.0 Å². The van der Waals surface area contributed by atoms with E-state index in [4.69, 9.17) is 0 Å². The van der Waals surface area contributed by atoms with Gasteiger partial charge in [0.05, 0.1) is 5.56 Å². The number of amides is 2. The maximum atomic E-state index is 12.2. The summed E-state index contributed by atoms with van der Waals surface area (Å²) in [5.74, 6) is 0.0282. The Morgan fingerprint density at radius 3 is 2.38 bits per heavy atom. The zero-order valence-electron chi connectivity index (χ0n) is 16.2. The number of anilines is 3. The highest BCUT2D eigenvalue weighted by Crippen LogP contribution is 2.18. The summed E-state index contributed by atoms with van der Waals surface area (Å²) in [6, 6.07) is 17.4. The minimum absolute atomic E-state index is 0.141. The third-order valence-corrected chi connectivity index (χ3v) is 4.12. The molecule has 3 aromatic rings. The lowest BCUT2D eigenvalue weighted by Crippen LogP contribution is -2.25. The summed E-state index contributed by atoms with van der Waals surface area (Å²) >= 11 is 0. The summed E-state index contributed by atoms with van der Waals surface area (Å²) in [6.07, 6.45) is 4.75. The second-order valence-electron chi connectivity index (χ2n) is 6.53. The first kappa shape index (κ1) is 20.0. The topological polar surface area (TPSA) is 96.0 Å². The molecule has 0 saturated heterocycles. The first-order chi connectivity index (χ1) is 14.1. The number of nitrogens with zero attached hydrogens (tertiary/aromatic N) is 2. The number of benzene rings is 2. The van der Waals surface area contributed by atoms with Crippen molar-refractivity contribution in [1.82, 2.24) is 15.3 Å². The highest BCUT2D eigenvalue weighted by atomic mass is 16.2. The molecule has 7 nitrogen and oxygen atoms in total. The summed E-state index contributed by atoms with van der Waals surface area (Å²) in [5.41, 5.74) is 3.06. The van der Waals surface area contributed by atoms with Crippen LogP contribution in [-0.4, -0.2) is 28.3 Å². The first-order valence-corrected chi connectivity index (χ1v) is 9.39. The Bertz CT molecular complexity index is 958. The Labute approximate surface area is 169 Å². The molecule has 0 unspecified atom stereocenters. The maximum absolute atomic E-state index is 12.2. The van der Waals surface area contributed by atoms with Crippen LogP contribution in [0.1, 0.15) is 29.3 Å². The van der Waals surface area contributed by atoms with Gasteiger partial charge >= 0.3 is 0 Å². The van der Waals surface area contributed by atoms with Crippen LogP contribution in [-0.2, 0) is 11.2 Å². The summed E-state index contributed by atoms with van der Waals surface area (Å²) < 4.78 is 0. The van der Waals surface area contributed by atoms with E-state index in [0.717, 1.165) is 18.5 Å². The van der Waals surface area contributed by atoms with E-state index in [1.54, 1.807) is 12.1 Å². The Balaban J connectivity index is 1.49. The van der Waals surface area contributed by atoms with Gasteiger partial charge in [-0.25, -0.2) is 9.97 Å². The molecule has 1 aromatic heterocycles. The predicted molar refractivity (Wildman–Crippen MR) is 113 cm³/mol. The fraction of sp³-hybridized carbons (Fsp3) is 0.182. The second kappa shape index (κ2) is 9.98. The fourth-order valence-electron chi connectivity index (χ4n) is 2.76. The quantitative estimate of drug-likeness (QED) is 0.512. The molecule has 0 atom stereocenters. The molecular weight excluding hydrogens is 366 g/mol. The highest BCUT2D eigenvalue weighted by Gasteiger charge is 2.07. The van der Waals surface area contributed by atoms with Gasteiger partial charge in [-0.15, -0.1) is 0 Å². The molecule has 2 aromatic carbocycles. The van der Waals surface area contributed by atoms with Gasteiger partial charge in [-0.05, 0) is 36.6 Å². The van der Waals surface area contributed by atoms with Crippen molar-refractivity contribution >= 4 is 29.1 Å². The number of hydrogen-bond acceptors (Lipinski definition) is 5. The van der Waals surface area contributed by atoms with E-state index in [1.807, 2.05) is 30.3 Å². The van der Waals surface area contributed by atoms with Crippen molar-refractivity contribution in [3.05, 3.63) is 78.1 Å². The number of aryl methyl sites for hydroxylation is 1. The van der Waals surface area contributed by atoms with E-state index in [0.29, 0.717) is 23.7 Å². The van der Waals surface area contributed by atoms with E-state index < -0.39 is 0 Å². The van der Waals surface area contributed by atoms with Gasteiger partial charge in [-0.1, -0.05) is 36.4 Å². The number of carbonyl (C=O) groups excluding carboxylic acids is 2. The van der Waals surface area contributed by atoms with Crippen LogP contribution in [0.15, 0.2) is 67.0 Å². The molecule has 0 aliphatic carbocycles. The minimum atomic E-state index is -0.197. The molecule has 0 spiro atoms. The Morgan fingerprint density at radius 1 is 0.931 bits per heavy atom. The largest absolute Gasteiger partial charge is 0.352 e. The Morgan fingerprint density at radius 2 is 1.66 bits per heavy atom. The van der Waals surface area contributed by atoms with Crippen LogP contribution in [0.25, 0.3) is 0 Å². The SMILES string of the molecule is CC(=O)Nc1cccc(Nc2ncc(C(=O)NCCCc3ccccc3)cn2)c1. The van der Waals surface area contributed by atoms with Crippen LogP contribution in [0.5, 0.6) is 0 Å².